The van der Waals surface area contributed by atoms with E-state index in [9.17, 15) is 9.00 Å². The number of rotatable bonds is 5. The Hall–Kier alpha value is -1.06. The van der Waals surface area contributed by atoms with E-state index in [-0.39, 0.29) is 17.9 Å². The fraction of sp³-hybridized carbons (Fsp3) is 0.625. The Balaban J connectivity index is 4.10. The largest absolute Gasteiger partial charge is 0.480 e. The molecule has 5 nitrogen and oxygen atoms in total. The van der Waals surface area contributed by atoms with Crippen LogP contribution in [0.3, 0.4) is 0 Å². The summed E-state index contributed by atoms with van der Waals surface area (Å²) in [5.74, 6) is 3.90. The third-order valence-corrected chi connectivity index (χ3v) is 3.06. The van der Waals surface area contributed by atoms with Crippen LogP contribution in [-0.4, -0.2) is 32.8 Å². The maximum absolute atomic E-state index is 11.4. The fourth-order valence-corrected chi connectivity index (χ4v) is 1.86. The Bertz CT molecular complexity index is 351. The molecule has 0 aromatic rings. The number of nitrogens with one attached hydrogen (secondary N) is 1. The summed E-state index contributed by atoms with van der Waals surface area (Å²) in [6.07, 6.45) is 0.0447. The summed E-state index contributed by atoms with van der Waals surface area (Å²) in [4.78, 5) is 10.3. The molecule has 6 heteroatoms. The standard InChI is InChI=1S/C8H14N2O3S/c1-2-3-5-14(10,13)6-4-7(9)8(11)12/h7,10H,4-6,9H2,1H3,(H,11,12)/t7-,14?/m0/s1. The van der Waals surface area contributed by atoms with Gasteiger partial charge in [0.15, 0.2) is 0 Å². The van der Waals surface area contributed by atoms with Gasteiger partial charge >= 0.3 is 5.97 Å². The second-order valence-electron chi connectivity index (χ2n) is 2.82. The molecule has 0 bridgehead atoms. The predicted octanol–water partition coefficient (Wildman–Crippen LogP) is -0.142. The molecule has 0 aromatic heterocycles. The normalized spacial score (nSPS) is 16.1. The molecule has 1 unspecified atom stereocenters. The van der Waals surface area contributed by atoms with Crippen molar-refractivity contribution >= 4 is 15.7 Å². The first-order chi connectivity index (χ1) is 6.39. The van der Waals surface area contributed by atoms with Crippen LogP contribution < -0.4 is 5.73 Å². The highest BCUT2D eigenvalue weighted by Crippen LogP contribution is 1.97. The molecule has 0 saturated carbocycles. The van der Waals surface area contributed by atoms with E-state index < -0.39 is 21.7 Å². The Morgan fingerprint density at radius 1 is 1.71 bits per heavy atom. The van der Waals surface area contributed by atoms with E-state index >= 15 is 0 Å². The number of nitrogens with two attached hydrogens (primary N) is 1. The van der Waals surface area contributed by atoms with E-state index in [1.165, 1.54) is 0 Å². The number of carboxylic acid groups (broad SMARTS) is 1. The number of aliphatic carboxylic acids is 1. The second-order valence-corrected chi connectivity index (χ2v) is 5.14. The van der Waals surface area contributed by atoms with Gasteiger partial charge in [-0.2, -0.15) is 0 Å². The van der Waals surface area contributed by atoms with Gasteiger partial charge in [0.25, 0.3) is 0 Å². The third kappa shape index (κ3) is 5.56. The van der Waals surface area contributed by atoms with Gasteiger partial charge in [0, 0.05) is 5.75 Å². The molecule has 0 amide bonds. The van der Waals surface area contributed by atoms with Crippen LogP contribution in [0.4, 0.5) is 0 Å². The highest BCUT2D eigenvalue weighted by atomic mass is 32.2. The van der Waals surface area contributed by atoms with Crippen molar-refractivity contribution in [3.63, 3.8) is 0 Å². The molecule has 0 aliphatic heterocycles. The van der Waals surface area contributed by atoms with Crippen molar-refractivity contribution < 1.29 is 14.1 Å². The van der Waals surface area contributed by atoms with Crippen LogP contribution in [0.2, 0.25) is 0 Å². The molecule has 14 heavy (non-hydrogen) atoms. The fourth-order valence-electron chi connectivity index (χ4n) is 0.702. The second kappa shape index (κ2) is 5.62. The van der Waals surface area contributed by atoms with Crippen molar-refractivity contribution in [3.8, 4) is 11.8 Å². The average molecular weight is 218 g/mol. The maximum Gasteiger partial charge on any atom is 0.320 e. The van der Waals surface area contributed by atoms with Gasteiger partial charge in [-0.3, -0.25) is 9.57 Å². The quantitative estimate of drug-likeness (QED) is 0.558. The number of hydrogen-bond acceptors (Lipinski definition) is 4. The van der Waals surface area contributed by atoms with Crippen molar-refractivity contribution in [2.24, 2.45) is 5.73 Å². The molecular formula is C8H14N2O3S. The summed E-state index contributed by atoms with van der Waals surface area (Å²) in [5, 5.41) is 8.45. The van der Waals surface area contributed by atoms with Gasteiger partial charge in [0.1, 0.15) is 6.04 Å². The highest BCUT2D eigenvalue weighted by Gasteiger charge is 2.14. The van der Waals surface area contributed by atoms with Crippen LogP contribution >= 0.6 is 0 Å². The smallest absolute Gasteiger partial charge is 0.320 e. The molecule has 0 rings (SSSR count). The van der Waals surface area contributed by atoms with E-state index in [0.717, 1.165) is 0 Å². The number of hydrogen-bond donors (Lipinski definition) is 3. The van der Waals surface area contributed by atoms with Crippen molar-refractivity contribution in [1.29, 1.82) is 4.78 Å². The first-order valence-corrected chi connectivity index (χ1v) is 5.91. The Labute approximate surface area is 83.7 Å². The monoisotopic (exact) mass is 218 g/mol. The first kappa shape index (κ1) is 12.9. The topological polar surface area (TPSA) is 104 Å². The maximum atomic E-state index is 11.4. The average Bonchev–Trinajstić information content (AvgIpc) is 2.11. The van der Waals surface area contributed by atoms with Gasteiger partial charge in [-0.25, -0.2) is 4.21 Å². The summed E-state index contributed by atoms with van der Waals surface area (Å²) < 4.78 is 18.7. The lowest BCUT2D eigenvalue weighted by molar-refractivity contribution is -0.138. The molecular weight excluding hydrogens is 204 g/mol. The number of carboxylic acids is 1. The molecule has 0 aliphatic rings. The van der Waals surface area contributed by atoms with Crippen molar-refractivity contribution in [2.75, 3.05) is 11.5 Å². The lowest BCUT2D eigenvalue weighted by Crippen LogP contribution is -2.32. The van der Waals surface area contributed by atoms with Crippen LogP contribution in [0.5, 0.6) is 0 Å². The summed E-state index contributed by atoms with van der Waals surface area (Å²) in [7, 11) is -2.79. The zero-order valence-corrected chi connectivity index (χ0v) is 8.76. The van der Waals surface area contributed by atoms with Gasteiger partial charge in [-0.05, 0) is 13.3 Å². The SMILES string of the molecule is CC#CCS(=N)(=O)CC[C@H](N)C(=O)O. The third-order valence-electron chi connectivity index (χ3n) is 1.56. The molecule has 0 spiro atoms. The first-order valence-electron chi connectivity index (χ1n) is 4.01. The van der Waals surface area contributed by atoms with Crippen LogP contribution in [0.1, 0.15) is 13.3 Å². The van der Waals surface area contributed by atoms with Crippen molar-refractivity contribution in [1.82, 2.24) is 0 Å². The molecule has 0 aromatic carbocycles. The Morgan fingerprint density at radius 2 is 2.29 bits per heavy atom. The zero-order valence-electron chi connectivity index (χ0n) is 7.95. The van der Waals surface area contributed by atoms with Crippen LogP contribution in [0.15, 0.2) is 0 Å². The van der Waals surface area contributed by atoms with E-state index in [1.807, 2.05) is 0 Å². The van der Waals surface area contributed by atoms with Crippen molar-refractivity contribution in [3.05, 3.63) is 0 Å². The minimum absolute atomic E-state index is 0.0180. The van der Waals surface area contributed by atoms with Gasteiger partial charge in [0.2, 0.25) is 0 Å². The molecule has 0 heterocycles. The zero-order chi connectivity index (χ0) is 11.2. The van der Waals surface area contributed by atoms with Gasteiger partial charge in [-0.1, -0.05) is 5.92 Å². The minimum Gasteiger partial charge on any atom is -0.480 e. The summed E-state index contributed by atoms with van der Waals surface area (Å²) in [6, 6.07) is -1.05. The predicted molar refractivity (Wildman–Crippen MR) is 54.3 cm³/mol. The molecule has 80 valence electrons. The van der Waals surface area contributed by atoms with E-state index in [2.05, 4.69) is 11.8 Å². The molecule has 0 radical (unpaired) electrons. The number of carbonyl (C=O) groups is 1. The van der Waals surface area contributed by atoms with E-state index in [1.54, 1.807) is 6.92 Å². The van der Waals surface area contributed by atoms with E-state index in [4.69, 9.17) is 15.6 Å². The molecule has 0 fully saturated rings. The van der Waals surface area contributed by atoms with Gasteiger partial charge < -0.3 is 10.8 Å². The van der Waals surface area contributed by atoms with Crippen LogP contribution in [0, 0.1) is 16.6 Å². The summed E-state index contributed by atoms with van der Waals surface area (Å²) in [5.41, 5.74) is 5.21. The molecule has 0 aliphatic carbocycles. The summed E-state index contributed by atoms with van der Waals surface area (Å²) >= 11 is 0. The van der Waals surface area contributed by atoms with Crippen LogP contribution in [-0.2, 0) is 14.5 Å². The Morgan fingerprint density at radius 3 is 2.71 bits per heavy atom. The summed E-state index contributed by atoms with van der Waals surface area (Å²) in [6.45, 7) is 1.60. The molecule has 0 saturated heterocycles. The van der Waals surface area contributed by atoms with Crippen molar-refractivity contribution in [2.45, 2.75) is 19.4 Å². The minimum atomic E-state index is -2.79. The lowest BCUT2D eigenvalue weighted by Gasteiger charge is -2.06. The van der Waals surface area contributed by atoms with Gasteiger partial charge in [0.05, 0.1) is 15.5 Å². The molecule has 2 atom stereocenters. The van der Waals surface area contributed by atoms with Crippen LogP contribution in [0.25, 0.3) is 0 Å². The van der Waals surface area contributed by atoms with E-state index in [0.29, 0.717) is 0 Å². The lowest BCUT2D eigenvalue weighted by atomic mass is 10.2. The highest BCUT2D eigenvalue weighted by molar-refractivity contribution is 7.92. The van der Waals surface area contributed by atoms with Gasteiger partial charge in [-0.15, -0.1) is 5.92 Å². The molecule has 4 N–H and O–H groups in total. The Kier molecular flexibility index (Phi) is 5.20.